The maximum Gasteiger partial charge on any atom is 0.248 e. The number of rotatable bonds is 5. The smallest absolute Gasteiger partial charge is 0.248 e. The summed E-state index contributed by atoms with van der Waals surface area (Å²) in [6, 6.07) is 4.96. The molecule has 2 aromatic heterocycles. The Labute approximate surface area is 115 Å². The largest absolute Gasteiger partial charge is 0.366 e. The predicted molar refractivity (Wildman–Crippen MR) is 74.7 cm³/mol. The fraction of sp³-hybridized carbons (Fsp3) is 0.250. The molecule has 0 aromatic carbocycles. The van der Waals surface area contributed by atoms with Crippen LogP contribution in [0.25, 0.3) is 0 Å². The molecule has 0 aliphatic rings. The minimum absolute atomic E-state index is 0.214. The summed E-state index contributed by atoms with van der Waals surface area (Å²) in [6.45, 7) is 2.35. The Kier molecular flexibility index (Phi) is 4.18. The summed E-state index contributed by atoms with van der Waals surface area (Å²) in [5.41, 5.74) is -0.497. The van der Waals surface area contributed by atoms with E-state index >= 15 is 0 Å². The van der Waals surface area contributed by atoms with Gasteiger partial charge in [0.2, 0.25) is 15.5 Å². The molecule has 0 aliphatic heterocycles. The number of hydrogen-bond donors (Lipinski definition) is 1. The van der Waals surface area contributed by atoms with Gasteiger partial charge in [-0.25, -0.2) is 8.42 Å². The van der Waals surface area contributed by atoms with Crippen molar-refractivity contribution in [3.05, 3.63) is 51.1 Å². The number of sulfonamides is 1. The summed E-state index contributed by atoms with van der Waals surface area (Å²) in [5.74, 6) is 0. The molecular weight excluding hydrogens is 284 g/mol. The minimum Gasteiger partial charge on any atom is -0.366 e. The first-order chi connectivity index (χ1) is 9.05. The average molecular weight is 298 g/mol. The first-order valence-electron chi connectivity index (χ1n) is 5.75. The second-order valence-electron chi connectivity index (χ2n) is 3.88. The lowest BCUT2D eigenvalue weighted by Gasteiger charge is -2.19. The van der Waals surface area contributed by atoms with Crippen molar-refractivity contribution in [2.75, 3.05) is 6.54 Å². The molecule has 0 saturated carbocycles. The summed E-state index contributed by atoms with van der Waals surface area (Å²) in [6.07, 6.45) is 2.64. The summed E-state index contributed by atoms with van der Waals surface area (Å²) < 4.78 is 26.1. The fourth-order valence-electron chi connectivity index (χ4n) is 1.68. The van der Waals surface area contributed by atoms with Gasteiger partial charge in [-0.1, -0.05) is 13.0 Å². The summed E-state index contributed by atoms with van der Waals surface area (Å²) in [7, 11) is -3.76. The zero-order valence-electron chi connectivity index (χ0n) is 10.4. The van der Waals surface area contributed by atoms with Crippen molar-refractivity contribution in [3.8, 4) is 0 Å². The lowest BCUT2D eigenvalue weighted by atomic mass is 10.4. The van der Waals surface area contributed by atoms with E-state index in [9.17, 15) is 13.2 Å². The third-order valence-electron chi connectivity index (χ3n) is 2.67. The van der Waals surface area contributed by atoms with Crippen LogP contribution in [0, 0.1) is 0 Å². The van der Waals surface area contributed by atoms with Crippen LogP contribution < -0.4 is 5.43 Å². The molecule has 19 heavy (non-hydrogen) atoms. The van der Waals surface area contributed by atoms with Gasteiger partial charge in [0.05, 0.1) is 0 Å². The van der Waals surface area contributed by atoms with Crippen molar-refractivity contribution in [2.45, 2.75) is 18.4 Å². The van der Waals surface area contributed by atoms with Crippen molar-refractivity contribution in [1.82, 2.24) is 9.29 Å². The molecule has 0 bridgehead atoms. The van der Waals surface area contributed by atoms with E-state index in [1.54, 1.807) is 6.92 Å². The van der Waals surface area contributed by atoms with E-state index < -0.39 is 15.5 Å². The van der Waals surface area contributed by atoms with Crippen LogP contribution in [0.1, 0.15) is 11.8 Å². The predicted octanol–water partition coefficient (Wildman–Crippen LogP) is 1.65. The zero-order valence-corrected chi connectivity index (χ0v) is 12.0. The SMILES string of the molecule is CCN(Cc1cccs1)S(=O)(=O)c1c[nH]ccc1=O. The highest BCUT2D eigenvalue weighted by molar-refractivity contribution is 7.89. The quantitative estimate of drug-likeness (QED) is 0.912. The molecule has 0 unspecified atom stereocenters. The molecule has 0 fully saturated rings. The summed E-state index contributed by atoms with van der Waals surface area (Å²) >= 11 is 1.49. The van der Waals surface area contributed by atoms with Crippen LogP contribution in [0.4, 0.5) is 0 Å². The van der Waals surface area contributed by atoms with E-state index in [1.807, 2.05) is 17.5 Å². The highest BCUT2D eigenvalue weighted by Crippen LogP contribution is 2.17. The van der Waals surface area contributed by atoms with E-state index in [-0.39, 0.29) is 11.4 Å². The Morgan fingerprint density at radius 2 is 2.16 bits per heavy atom. The van der Waals surface area contributed by atoms with Crippen molar-refractivity contribution >= 4 is 21.4 Å². The Balaban J connectivity index is 2.37. The highest BCUT2D eigenvalue weighted by Gasteiger charge is 2.25. The number of hydrogen-bond acceptors (Lipinski definition) is 4. The van der Waals surface area contributed by atoms with Crippen LogP contribution in [-0.4, -0.2) is 24.3 Å². The van der Waals surface area contributed by atoms with E-state index in [1.165, 1.54) is 34.1 Å². The maximum absolute atomic E-state index is 12.4. The van der Waals surface area contributed by atoms with Gasteiger partial charge in [-0.15, -0.1) is 11.3 Å². The van der Waals surface area contributed by atoms with Crippen molar-refractivity contribution in [1.29, 1.82) is 0 Å². The zero-order chi connectivity index (χ0) is 13.9. The summed E-state index contributed by atoms with van der Waals surface area (Å²) in [5, 5.41) is 1.89. The van der Waals surface area contributed by atoms with Crippen LogP contribution in [0.3, 0.4) is 0 Å². The van der Waals surface area contributed by atoms with Crippen LogP contribution in [0.2, 0.25) is 0 Å². The molecule has 0 aliphatic carbocycles. The molecule has 0 saturated heterocycles. The Hall–Kier alpha value is -1.44. The molecule has 2 heterocycles. The number of nitrogens with one attached hydrogen (secondary N) is 1. The molecule has 2 rings (SSSR count). The molecule has 0 atom stereocenters. The van der Waals surface area contributed by atoms with Crippen molar-refractivity contribution in [3.63, 3.8) is 0 Å². The lowest BCUT2D eigenvalue weighted by molar-refractivity contribution is 0.425. The Morgan fingerprint density at radius 1 is 1.37 bits per heavy atom. The normalized spacial score (nSPS) is 11.9. The van der Waals surface area contributed by atoms with Crippen molar-refractivity contribution in [2.24, 2.45) is 0 Å². The Bertz CT molecular complexity index is 690. The number of aromatic amines is 1. The van der Waals surface area contributed by atoms with Crippen LogP contribution in [-0.2, 0) is 16.6 Å². The number of pyridine rings is 1. The minimum atomic E-state index is -3.76. The first kappa shape index (κ1) is 14.0. The molecule has 0 amide bonds. The van der Waals surface area contributed by atoms with Gasteiger partial charge >= 0.3 is 0 Å². The average Bonchev–Trinajstić information content (AvgIpc) is 2.89. The van der Waals surface area contributed by atoms with E-state index in [4.69, 9.17) is 0 Å². The van der Waals surface area contributed by atoms with Gasteiger partial charge in [-0.3, -0.25) is 4.79 Å². The van der Waals surface area contributed by atoms with Crippen LogP contribution in [0.5, 0.6) is 0 Å². The molecule has 102 valence electrons. The number of nitrogens with zero attached hydrogens (tertiary/aromatic N) is 1. The van der Waals surface area contributed by atoms with E-state index in [0.29, 0.717) is 6.54 Å². The third kappa shape index (κ3) is 2.94. The van der Waals surface area contributed by atoms with Crippen molar-refractivity contribution < 1.29 is 8.42 Å². The fourth-order valence-corrected chi connectivity index (χ4v) is 3.95. The molecule has 2 aromatic rings. The van der Waals surface area contributed by atoms with E-state index in [0.717, 1.165) is 4.88 Å². The number of H-pyrrole nitrogens is 1. The van der Waals surface area contributed by atoms with Gasteiger partial charge in [-0.2, -0.15) is 4.31 Å². The van der Waals surface area contributed by atoms with Crippen LogP contribution in [0.15, 0.2) is 45.7 Å². The molecule has 0 radical (unpaired) electrons. The van der Waals surface area contributed by atoms with Gasteiger partial charge in [0.25, 0.3) is 0 Å². The van der Waals surface area contributed by atoms with Gasteiger partial charge in [0, 0.05) is 36.4 Å². The second-order valence-corrected chi connectivity index (χ2v) is 6.82. The topological polar surface area (TPSA) is 70.2 Å². The standard InChI is InChI=1S/C12H14N2O3S2/c1-2-14(9-10-4-3-7-18-10)19(16,17)12-8-13-6-5-11(12)15/h3-8H,2,9H2,1H3,(H,13,15). The number of thiophene rings is 1. The second kappa shape index (κ2) is 5.68. The molecular formula is C12H14N2O3S2. The van der Waals surface area contributed by atoms with Gasteiger partial charge in [0.1, 0.15) is 4.90 Å². The molecule has 0 spiro atoms. The molecule has 5 nitrogen and oxygen atoms in total. The molecule has 1 N–H and O–H groups in total. The molecule has 7 heteroatoms. The highest BCUT2D eigenvalue weighted by atomic mass is 32.2. The van der Waals surface area contributed by atoms with E-state index in [2.05, 4.69) is 4.98 Å². The number of aromatic nitrogens is 1. The summed E-state index contributed by atoms with van der Waals surface area (Å²) in [4.78, 5) is 15.0. The lowest BCUT2D eigenvalue weighted by Crippen LogP contribution is -2.33. The van der Waals surface area contributed by atoms with Gasteiger partial charge in [0.15, 0.2) is 0 Å². The van der Waals surface area contributed by atoms with Gasteiger partial charge < -0.3 is 4.98 Å². The monoisotopic (exact) mass is 298 g/mol. The van der Waals surface area contributed by atoms with Gasteiger partial charge in [-0.05, 0) is 11.4 Å². The maximum atomic E-state index is 12.4. The van der Waals surface area contributed by atoms with Crippen LogP contribution >= 0.6 is 11.3 Å². The third-order valence-corrected chi connectivity index (χ3v) is 5.47. The Morgan fingerprint density at radius 3 is 2.74 bits per heavy atom. The first-order valence-corrected chi connectivity index (χ1v) is 8.07.